The van der Waals surface area contributed by atoms with Crippen molar-refractivity contribution in [2.45, 2.75) is 0 Å². The number of aromatic nitrogens is 6. The molecule has 0 aliphatic heterocycles. The van der Waals surface area contributed by atoms with E-state index in [1.54, 1.807) is 37.2 Å². The molecule has 3 heterocycles. The van der Waals surface area contributed by atoms with Crippen LogP contribution in [0.3, 0.4) is 0 Å². The predicted molar refractivity (Wildman–Crippen MR) is 66.1 cm³/mol. The molecule has 0 N–H and O–H groups in total. The molecule has 0 saturated carbocycles. The molecule has 18 heavy (non-hydrogen) atoms. The van der Waals surface area contributed by atoms with Crippen molar-refractivity contribution in [1.82, 2.24) is 29.9 Å². The molecule has 3 aromatic rings. The third kappa shape index (κ3) is 8.54. The fourth-order valence-corrected chi connectivity index (χ4v) is 0.771. The van der Waals surface area contributed by atoms with Gasteiger partial charge in [-0.2, -0.15) is 0 Å². The van der Waals surface area contributed by atoms with Crippen molar-refractivity contribution in [1.29, 1.82) is 0 Å². The van der Waals surface area contributed by atoms with E-state index >= 15 is 0 Å². The van der Waals surface area contributed by atoms with Crippen LogP contribution in [-0.4, -0.2) is 29.9 Å². The van der Waals surface area contributed by atoms with Crippen molar-refractivity contribution < 1.29 is 0 Å². The van der Waals surface area contributed by atoms with Crippen molar-refractivity contribution >= 4 is 0 Å². The van der Waals surface area contributed by atoms with Crippen molar-refractivity contribution in [3.05, 3.63) is 74.4 Å². The van der Waals surface area contributed by atoms with Gasteiger partial charge in [-0.05, 0) is 12.1 Å². The summed E-state index contributed by atoms with van der Waals surface area (Å²) in [6, 6.07) is 5.72. The van der Waals surface area contributed by atoms with E-state index in [0.29, 0.717) is 0 Å². The first-order chi connectivity index (χ1) is 9.00. The van der Waals surface area contributed by atoms with Gasteiger partial charge in [0.15, 0.2) is 0 Å². The first kappa shape index (κ1) is 13.3. The van der Waals surface area contributed by atoms with E-state index in [0.717, 1.165) is 0 Å². The van der Waals surface area contributed by atoms with Crippen molar-refractivity contribution in [2.75, 3.05) is 0 Å². The molecule has 0 amide bonds. The van der Waals surface area contributed by atoms with Crippen LogP contribution in [-0.2, 0) is 0 Å². The Morgan fingerprint density at radius 1 is 0.333 bits per heavy atom. The van der Waals surface area contributed by atoms with Gasteiger partial charge in [-0.25, -0.2) is 15.0 Å². The van der Waals surface area contributed by atoms with Crippen molar-refractivity contribution in [3.8, 4) is 0 Å². The molecule has 0 radical (unpaired) electrons. The van der Waals surface area contributed by atoms with Gasteiger partial charge in [-0.15, -0.1) is 0 Å². The first-order valence-electron chi connectivity index (χ1n) is 5.10. The fraction of sp³-hybridized carbons (Fsp3) is 0. The standard InChI is InChI=1S/C5H5N.C4H4N2.C3H3N3/c1-2-4-6-5-3-1;1-2-6-4-3-5-1;1-4-2-6-3-5-1/h1-5H;1-4H;1-3H. The molecular weight excluding hydrogens is 228 g/mol. The van der Waals surface area contributed by atoms with Crippen LogP contribution in [0.4, 0.5) is 0 Å². The number of rotatable bonds is 0. The van der Waals surface area contributed by atoms with Crippen molar-refractivity contribution in [2.24, 2.45) is 0 Å². The molecule has 0 fully saturated rings. The van der Waals surface area contributed by atoms with E-state index < -0.39 is 0 Å². The largest absolute Gasteiger partial charge is 0.265 e. The highest BCUT2D eigenvalue weighted by Crippen LogP contribution is 1.73. The molecule has 0 aliphatic rings. The zero-order valence-corrected chi connectivity index (χ0v) is 9.61. The second-order valence-electron chi connectivity index (χ2n) is 2.71. The summed E-state index contributed by atoms with van der Waals surface area (Å²) in [5, 5.41) is 0. The van der Waals surface area contributed by atoms with E-state index in [-0.39, 0.29) is 0 Å². The quantitative estimate of drug-likeness (QED) is 0.591. The van der Waals surface area contributed by atoms with Crippen LogP contribution >= 0.6 is 0 Å². The molecule has 90 valence electrons. The van der Waals surface area contributed by atoms with E-state index in [1.165, 1.54) is 19.0 Å². The normalized spacial score (nSPS) is 8.00. The van der Waals surface area contributed by atoms with Crippen LogP contribution < -0.4 is 0 Å². The summed E-state index contributed by atoms with van der Waals surface area (Å²) in [4.78, 5) is 21.9. The molecular formula is C12H12N6. The Morgan fingerprint density at radius 2 is 0.722 bits per heavy atom. The van der Waals surface area contributed by atoms with Gasteiger partial charge >= 0.3 is 0 Å². The average molecular weight is 240 g/mol. The van der Waals surface area contributed by atoms with Gasteiger partial charge in [0.2, 0.25) is 0 Å². The molecule has 0 bridgehead atoms. The number of pyridine rings is 1. The second kappa shape index (κ2) is 10.7. The molecule has 3 rings (SSSR count). The third-order valence-corrected chi connectivity index (χ3v) is 1.44. The molecule has 0 aromatic carbocycles. The topological polar surface area (TPSA) is 77.3 Å². The summed E-state index contributed by atoms with van der Waals surface area (Å²) in [6.07, 6.45) is 14.4. The lowest BCUT2D eigenvalue weighted by Gasteiger charge is -1.70. The summed E-state index contributed by atoms with van der Waals surface area (Å²) < 4.78 is 0. The van der Waals surface area contributed by atoms with Crippen LogP contribution in [0.2, 0.25) is 0 Å². The summed E-state index contributed by atoms with van der Waals surface area (Å²) >= 11 is 0. The molecule has 0 aliphatic carbocycles. The molecule has 0 atom stereocenters. The number of nitrogens with zero attached hydrogens (tertiary/aromatic N) is 6. The lowest BCUT2D eigenvalue weighted by Crippen LogP contribution is -1.73. The summed E-state index contributed by atoms with van der Waals surface area (Å²) in [5.41, 5.74) is 0. The predicted octanol–water partition coefficient (Wildman–Crippen LogP) is 1.43. The highest BCUT2D eigenvalue weighted by Gasteiger charge is 1.60. The molecule has 0 saturated heterocycles. The monoisotopic (exact) mass is 240 g/mol. The third-order valence-electron chi connectivity index (χ3n) is 1.44. The lowest BCUT2D eigenvalue weighted by atomic mass is 10.5. The smallest absolute Gasteiger partial charge is 0.119 e. The Hall–Kier alpha value is -2.76. The van der Waals surface area contributed by atoms with E-state index in [2.05, 4.69) is 29.9 Å². The average Bonchev–Trinajstić information content (AvgIpc) is 2.54. The molecule has 6 heteroatoms. The van der Waals surface area contributed by atoms with Crippen LogP contribution in [0, 0.1) is 0 Å². The Morgan fingerprint density at radius 3 is 0.889 bits per heavy atom. The van der Waals surface area contributed by atoms with Gasteiger partial charge in [0, 0.05) is 37.2 Å². The van der Waals surface area contributed by atoms with Gasteiger partial charge in [-0.1, -0.05) is 6.07 Å². The zero-order valence-electron chi connectivity index (χ0n) is 9.61. The lowest BCUT2D eigenvalue weighted by molar-refractivity contribution is 1.05. The Kier molecular flexibility index (Phi) is 7.94. The highest BCUT2D eigenvalue weighted by molar-refractivity contribution is 4.88. The van der Waals surface area contributed by atoms with Crippen molar-refractivity contribution in [3.63, 3.8) is 0 Å². The highest BCUT2D eigenvalue weighted by atomic mass is 14.9. The Balaban J connectivity index is 0.000000135. The van der Waals surface area contributed by atoms with Gasteiger partial charge in [0.05, 0.1) is 0 Å². The second-order valence-corrected chi connectivity index (χ2v) is 2.71. The Labute approximate surface area is 105 Å². The van der Waals surface area contributed by atoms with E-state index in [9.17, 15) is 0 Å². The zero-order chi connectivity index (χ0) is 12.7. The number of hydrogen-bond donors (Lipinski definition) is 0. The SMILES string of the molecule is c1ccncc1.c1cnccn1.c1ncncn1. The first-order valence-corrected chi connectivity index (χ1v) is 5.10. The molecule has 0 spiro atoms. The molecule has 6 nitrogen and oxygen atoms in total. The molecule has 3 aromatic heterocycles. The van der Waals surface area contributed by atoms with Crippen LogP contribution in [0.25, 0.3) is 0 Å². The summed E-state index contributed by atoms with van der Waals surface area (Å²) in [6.45, 7) is 0. The maximum atomic E-state index is 3.78. The number of hydrogen-bond acceptors (Lipinski definition) is 6. The van der Waals surface area contributed by atoms with Crippen LogP contribution in [0.1, 0.15) is 0 Å². The minimum atomic E-state index is 1.44. The fourth-order valence-electron chi connectivity index (χ4n) is 0.771. The maximum Gasteiger partial charge on any atom is 0.119 e. The minimum absolute atomic E-state index is 1.44. The van der Waals surface area contributed by atoms with E-state index in [4.69, 9.17) is 0 Å². The van der Waals surface area contributed by atoms with Crippen LogP contribution in [0.5, 0.6) is 0 Å². The van der Waals surface area contributed by atoms with E-state index in [1.807, 2.05) is 18.2 Å². The Bertz CT molecular complexity index is 307. The minimum Gasteiger partial charge on any atom is -0.265 e. The van der Waals surface area contributed by atoms with Crippen LogP contribution in [0.15, 0.2) is 74.4 Å². The van der Waals surface area contributed by atoms with Gasteiger partial charge in [0.25, 0.3) is 0 Å². The molecule has 0 unspecified atom stereocenters. The van der Waals surface area contributed by atoms with Gasteiger partial charge < -0.3 is 0 Å². The summed E-state index contributed by atoms with van der Waals surface area (Å²) in [5.74, 6) is 0. The maximum absolute atomic E-state index is 3.78. The summed E-state index contributed by atoms with van der Waals surface area (Å²) in [7, 11) is 0. The van der Waals surface area contributed by atoms with Gasteiger partial charge in [-0.3, -0.25) is 15.0 Å². The van der Waals surface area contributed by atoms with Gasteiger partial charge in [0.1, 0.15) is 19.0 Å².